The van der Waals surface area contributed by atoms with E-state index < -0.39 is 0 Å². The van der Waals surface area contributed by atoms with E-state index in [0.29, 0.717) is 39.6 Å². The molecule has 0 bridgehead atoms. The predicted octanol–water partition coefficient (Wildman–Crippen LogP) is 5.81. The van der Waals surface area contributed by atoms with Crippen molar-refractivity contribution in [1.29, 1.82) is 0 Å². The molecular weight excluding hydrogens is 422 g/mol. The minimum absolute atomic E-state index is 0.128. The quantitative estimate of drug-likeness (QED) is 0.392. The smallest absolute Gasteiger partial charge is 0.259 e. The highest BCUT2D eigenvalue weighted by Gasteiger charge is 2.28. The van der Waals surface area contributed by atoms with Crippen LogP contribution in [0.25, 0.3) is 22.4 Å². The molecule has 0 saturated carbocycles. The molecule has 152 valence electrons. The lowest BCUT2D eigenvalue weighted by atomic mass is 10.0. The molecule has 5 rings (SSSR count). The van der Waals surface area contributed by atoms with Gasteiger partial charge in [-0.1, -0.05) is 16.8 Å². The summed E-state index contributed by atoms with van der Waals surface area (Å²) in [6.07, 6.45) is 0. The fraction of sp³-hybridized carbons (Fsp3) is 0.227. The molecule has 4 heterocycles. The van der Waals surface area contributed by atoms with Crippen molar-refractivity contribution < 1.29 is 13.7 Å². The van der Waals surface area contributed by atoms with Gasteiger partial charge in [-0.15, -0.1) is 11.8 Å². The third-order valence-corrected chi connectivity index (χ3v) is 6.47. The average Bonchev–Trinajstić information content (AvgIpc) is 3.27. The van der Waals surface area contributed by atoms with Crippen molar-refractivity contribution in [2.45, 2.75) is 25.7 Å². The molecule has 1 aromatic carbocycles. The molecule has 0 atom stereocenters. The number of halogens is 1. The first kappa shape index (κ1) is 19.2. The maximum atomic E-state index is 13.8. The SMILES string of the molecule is Cc1cc(-c2cc(C(=O)N3CCSc4ccc(Cl)cc43)c3c(C)noc3n2)c(C)o1. The number of furan rings is 1. The Morgan fingerprint density at radius 1 is 1.20 bits per heavy atom. The van der Waals surface area contributed by atoms with Gasteiger partial charge in [-0.25, -0.2) is 4.98 Å². The van der Waals surface area contributed by atoms with E-state index in [1.807, 2.05) is 45.0 Å². The molecule has 0 N–H and O–H groups in total. The van der Waals surface area contributed by atoms with Crippen LogP contribution in [-0.2, 0) is 0 Å². The van der Waals surface area contributed by atoms with E-state index in [9.17, 15) is 4.79 Å². The number of pyridine rings is 1. The van der Waals surface area contributed by atoms with Gasteiger partial charge in [0.1, 0.15) is 11.5 Å². The molecule has 0 aliphatic carbocycles. The minimum atomic E-state index is -0.128. The Hall–Kier alpha value is -2.77. The number of hydrogen-bond acceptors (Lipinski definition) is 6. The van der Waals surface area contributed by atoms with Gasteiger partial charge in [-0.3, -0.25) is 4.79 Å². The number of aryl methyl sites for hydroxylation is 3. The van der Waals surface area contributed by atoms with E-state index in [-0.39, 0.29) is 5.91 Å². The van der Waals surface area contributed by atoms with Gasteiger partial charge < -0.3 is 13.8 Å². The molecule has 0 spiro atoms. The zero-order chi connectivity index (χ0) is 21.0. The van der Waals surface area contributed by atoms with Crippen LogP contribution in [0.5, 0.6) is 0 Å². The summed E-state index contributed by atoms with van der Waals surface area (Å²) < 4.78 is 11.1. The average molecular weight is 440 g/mol. The Morgan fingerprint density at radius 3 is 2.80 bits per heavy atom. The van der Waals surface area contributed by atoms with Crippen LogP contribution in [0.4, 0.5) is 5.69 Å². The van der Waals surface area contributed by atoms with Crippen LogP contribution in [0.3, 0.4) is 0 Å². The number of fused-ring (bicyclic) bond motifs is 2. The Kier molecular flexibility index (Phi) is 4.60. The van der Waals surface area contributed by atoms with Crippen LogP contribution >= 0.6 is 23.4 Å². The van der Waals surface area contributed by atoms with Crippen LogP contribution in [0.1, 0.15) is 27.6 Å². The zero-order valence-corrected chi connectivity index (χ0v) is 18.2. The number of nitrogens with zero attached hydrogens (tertiary/aromatic N) is 3. The van der Waals surface area contributed by atoms with E-state index >= 15 is 0 Å². The molecular formula is C22H18ClN3O3S. The molecule has 1 aliphatic rings. The monoisotopic (exact) mass is 439 g/mol. The molecule has 30 heavy (non-hydrogen) atoms. The normalized spacial score (nSPS) is 13.7. The maximum absolute atomic E-state index is 13.8. The number of carbonyl (C=O) groups excluding carboxylic acids is 1. The number of rotatable bonds is 2. The van der Waals surface area contributed by atoms with Crippen LogP contribution in [0.15, 0.2) is 44.2 Å². The number of benzene rings is 1. The summed E-state index contributed by atoms with van der Waals surface area (Å²) in [7, 11) is 0. The first-order valence-electron chi connectivity index (χ1n) is 9.51. The fourth-order valence-corrected chi connectivity index (χ4v) is 4.98. The van der Waals surface area contributed by atoms with Gasteiger partial charge in [0.15, 0.2) is 0 Å². The first-order chi connectivity index (χ1) is 14.4. The lowest BCUT2D eigenvalue weighted by Crippen LogP contribution is -2.35. The van der Waals surface area contributed by atoms with Crippen molar-refractivity contribution in [1.82, 2.24) is 10.1 Å². The van der Waals surface area contributed by atoms with Crippen molar-refractivity contribution in [2.75, 3.05) is 17.2 Å². The Balaban J connectivity index is 1.69. The third-order valence-electron chi connectivity index (χ3n) is 5.19. The van der Waals surface area contributed by atoms with Crippen LogP contribution in [0.2, 0.25) is 5.02 Å². The summed E-state index contributed by atoms with van der Waals surface area (Å²) in [6, 6.07) is 9.35. The zero-order valence-electron chi connectivity index (χ0n) is 16.7. The molecule has 1 amide bonds. The summed E-state index contributed by atoms with van der Waals surface area (Å²) in [4.78, 5) is 21.2. The fourth-order valence-electron chi connectivity index (χ4n) is 3.83. The Labute approximate surface area is 182 Å². The molecule has 0 saturated heterocycles. The van der Waals surface area contributed by atoms with Crippen molar-refractivity contribution >= 4 is 46.1 Å². The summed E-state index contributed by atoms with van der Waals surface area (Å²) in [5.41, 5.74) is 3.74. The van der Waals surface area contributed by atoms with Gasteiger partial charge in [0.25, 0.3) is 11.6 Å². The predicted molar refractivity (Wildman–Crippen MR) is 118 cm³/mol. The van der Waals surface area contributed by atoms with Gasteiger partial charge >= 0.3 is 0 Å². The van der Waals surface area contributed by atoms with Gasteiger partial charge in [-0.2, -0.15) is 0 Å². The maximum Gasteiger partial charge on any atom is 0.259 e. The van der Waals surface area contributed by atoms with Crippen molar-refractivity contribution in [3.8, 4) is 11.3 Å². The van der Waals surface area contributed by atoms with E-state index in [2.05, 4.69) is 10.1 Å². The van der Waals surface area contributed by atoms with Crippen molar-refractivity contribution in [3.63, 3.8) is 0 Å². The second-order valence-corrected chi connectivity index (χ2v) is 8.82. The number of carbonyl (C=O) groups is 1. The van der Waals surface area contributed by atoms with Crippen LogP contribution in [-0.4, -0.2) is 28.3 Å². The Bertz CT molecular complexity index is 1310. The number of thioether (sulfide) groups is 1. The third kappa shape index (κ3) is 3.09. The molecule has 1 aliphatic heterocycles. The number of anilines is 1. The number of amides is 1. The minimum Gasteiger partial charge on any atom is -0.466 e. The highest BCUT2D eigenvalue weighted by Crippen LogP contribution is 2.38. The standard InChI is InChI=1S/C22H18ClN3O3S/c1-11-8-15(13(3)28-11)17-10-16(20-12(2)25-29-21(20)24-17)22(27)26-6-7-30-19-5-4-14(23)9-18(19)26/h4-5,8-10H,6-7H2,1-3H3. The summed E-state index contributed by atoms with van der Waals surface area (Å²) in [5.74, 6) is 2.20. The highest BCUT2D eigenvalue weighted by atomic mass is 35.5. The molecule has 0 fully saturated rings. The van der Waals surface area contributed by atoms with Gasteiger partial charge in [0, 0.05) is 27.8 Å². The van der Waals surface area contributed by atoms with Gasteiger partial charge in [-0.05, 0) is 51.1 Å². The summed E-state index contributed by atoms with van der Waals surface area (Å²) in [6.45, 7) is 6.16. The molecule has 4 aromatic rings. The van der Waals surface area contributed by atoms with E-state index in [1.54, 1.807) is 22.7 Å². The molecule has 6 nitrogen and oxygen atoms in total. The summed E-state index contributed by atoms with van der Waals surface area (Å²) >= 11 is 7.95. The van der Waals surface area contributed by atoms with E-state index in [1.165, 1.54) is 0 Å². The Morgan fingerprint density at radius 2 is 2.03 bits per heavy atom. The second-order valence-electron chi connectivity index (χ2n) is 7.25. The van der Waals surface area contributed by atoms with Crippen LogP contribution in [0, 0.1) is 20.8 Å². The van der Waals surface area contributed by atoms with E-state index in [0.717, 1.165) is 33.4 Å². The molecule has 3 aromatic heterocycles. The van der Waals surface area contributed by atoms with Crippen molar-refractivity contribution in [3.05, 3.63) is 58.1 Å². The van der Waals surface area contributed by atoms with Gasteiger partial charge in [0.05, 0.1) is 28.0 Å². The lowest BCUT2D eigenvalue weighted by molar-refractivity contribution is 0.0989. The molecule has 0 radical (unpaired) electrons. The van der Waals surface area contributed by atoms with Crippen LogP contribution < -0.4 is 4.90 Å². The number of hydrogen-bond donors (Lipinski definition) is 0. The topological polar surface area (TPSA) is 72.4 Å². The highest BCUT2D eigenvalue weighted by molar-refractivity contribution is 7.99. The lowest BCUT2D eigenvalue weighted by Gasteiger charge is -2.29. The summed E-state index contributed by atoms with van der Waals surface area (Å²) in [5, 5.41) is 5.27. The van der Waals surface area contributed by atoms with E-state index in [4.69, 9.17) is 20.5 Å². The van der Waals surface area contributed by atoms with Gasteiger partial charge in [0.2, 0.25) is 0 Å². The molecule has 8 heteroatoms. The largest absolute Gasteiger partial charge is 0.466 e. The molecule has 0 unspecified atom stereocenters. The van der Waals surface area contributed by atoms with Crippen molar-refractivity contribution in [2.24, 2.45) is 0 Å². The first-order valence-corrected chi connectivity index (χ1v) is 10.9. The number of aromatic nitrogens is 2. The second kappa shape index (κ2) is 7.18.